The lowest BCUT2D eigenvalue weighted by atomic mass is 10.1. The first-order valence-corrected chi connectivity index (χ1v) is 11.4. The summed E-state index contributed by atoms with van der Waals surface area (Å²) in [4.78, 5) is 27.6. The smallest absolute Gasteiger partial charge is 0.242 e. The van der Waals surface area contributed by atoms with Crippen molar-refractivity contribution in [3.63, 3.8) is 0 Å². The van der Waals surface area contributed by atoms with E-state index in [9.17, 15) is 9.59 Å². The summed E-state index contributed by atoms with van der Waals surface area (Å²) >= 11 is 0. The summed E-state index contributed by atoms with van der Waals surface area (Å²) in [5.74, 6) is 0.723. The fourth-order valence-electron chi connectivity index (χ4n) is 3.95. The van der Waals surface area contributed by atoms with E-state index in [-0.39, 0.29) is 17.9 Å². The maximum Gasteiger partial charge on any atom is 0.242 e. The number of nitrogens with zero attached hydrogens (tertiary/aromatic N) is 1. The minimum atomic E-state index is -0.508. The van der Waals surface area contributed by atoms with Crippen LogP contribution in [0.1, 0.15) is 56.6 Å². The summed E-state index contributed by atoms with van der Waals surface area (Å²) in [5.41, 5.74) is 2.20. The molecular formula is C26H34N2O3. The molecular weight excluding hydrogens is 388 g/mol. The molecule has 1 aliphatic carbocycles. The molecule has 1 fully saturated rings. The zero-order valence-electron chi connectivity index (χ0n) is 18.7. The third kappa shape index (κ3) is 7.12. The van der Waals surface area contributed by atoms with E-state index in [0.717, 1.165) is 37.0 Å². The van der Waals surface area contributed by atoms with Gasteiger partial charge in [-0.15, -0.1) is 0 Å². The number of nitrogens with one attached hydrogen (secondary N) is 1. The number of hydrogen-bond donors (Lipinski definition) is 1. The summed E-state index contributed by atoms with van der Waals surface area (Å²) in [5, 5.41) is 3.14. The highest BCUT2D eigenvalue weighted by molar-refractivity contribution is 5.87. The number of carbonyl (C=O) groups is 2. The fourth-order valence-corrected chi connectivity index (χ4v) is 3.95. The Balaban J connectivity index is 1.56. The second-order valence-electron chi connectivity index (χ2n) is 8.44. The van der Waals surface area contributed by atoms with Gasteiger partial charge in [0.25, 0.3) is 0 Å². The summed E-state index contributed by atoms with van der Waals surface area (Å²) < 4.78 is 5.76. The molecule has 0 aliphatic heterocycles. The second-order valence-corrected chi connectivity index (χ2v) is 8.44. The molecule has 0 aromatic heterocycles. The Bertz CT molecular complexity index is 829. The monoisotopic (exact) mass is 422 g/mol. The van der Waals surface area contributed by atoms with Crippen LogP contribution in [0, 0.1) is 6.92 Å². The van der Waals surface area contributed by atoms with Crippen LogP contribution < -0.4 is 10.1 Å². The molecule has 1 saturated carbocycles. The van der Waals surface area contributed by atoms with Crippen molar-refractivity contribution < 1.29 is 14.3 Å². The molecule has 0 spiro atoms. The van der Waals surface area contributed by atoms with Crippen LogP contribution in [-0.2, 0) is 16.1 Å². The Morgan fingerprint density at radius 2 is 1.74 bits per heavy atom. The molecule has 0 unspecified atom stereocenters. The van der Waals surface area contributed by atoms with Crippen LogP contribution in [0.5, 0.6) is 5.75 Å². The van der Waals surface area contributed by atoms with Crippen molar-refractivity contribution in [2.75, 3.05) is 6.61 Å². The fraction of sp³-hybridized carbons (Fsp3) is 0.462. The highest BCUT2D eigenvalue weighted by Crippen LogP contribution is 2.19. The number of benzene rings is 2. The van der Waals surface area contributed by atoms with E-state index in [2.05, 4.69) is 5.32 Å². The van der Waals surface area contributed by atoms with Gasteiger partial charge in [0.1, 0.15) is 11.8 Å². The van der Waals surface area contributed by atoms with E-state index in [4.69, 9.17) is 4.74 Å². The van der Waals surface area contributed by atoms with Gasteiger partial charge in [-0.2, -0.15) is 0 Å². The van der Waals surface area contributed by atoms with Crippen LogP contribution >= 0.6 is 0 Å². The van der Waals surface area contributed by atoms with Crippen LogP contribution in [0.25, 0.3) is 0 Å². The first-order valence-electron chi connectivity index (χ1n) is 11.4. The average Bonchev–Trinajstić information content (AvgIpc) is 3.29. The molecule has 1 atom stereocenters. The molecule has 1 N–H and O–H groups in total. The predicted molar refractivity (Wildman–Crippen MR) is 123 cm³/mol. The summed E-state index contributed by atoms with van der Waals surface area (Å²) in [6, 6.07) is 17.5. The van der Waals surface area contributed by atoms with E-state index in [0.29, 0.717) is 26.0 Å². The molecule has 1 aliphatic rings. The van der Waals surface area contributed by atoms with E-state index in [1.165, 1.54) is 5.56 Å². The summed E-state index contributed by atoms with van der Waals surface area (Å²) in [6.07, 6.45) is 5.33. The molecule has 5 nitrogen and oxygen atoms in total. The van der Waals surface area contributed by atoms with Crippen molar-refractivity contribution in [2.45, 2.75) is 71.0 Å². The van der Waals surface area contributed by atoms with Crippen molar-refractivity contribution in [3.8, 4) is 5.75 Å². The molecule has 3 rings (SSSR count). The van der Waals surface area contributed by atoms with Crippen LogP contribution in [0.4, 0.5) is 0 Å². The molecule has 0 bridgehead atoms. The van der Waals surface area contributed by atoms with Gasteiger partial charge in [0, 0.05) is 19.0 Å². The molecule has 0 saturated heterocycles. The third-order valence-electron chi connectivity index (χ3n) is 5.89. The Morgan fingerprint density at radius 3 is 2.42 bits per heavy atom. The summed E-state index contributed by atoms with van der Waals surface area (Å²) in [7, 11) is 0. The maximum atomic E-state index is 13.1. The minimum absolute atomic E-state index is 0.0227. The van der Waals surface area contributed by atoms with Crippen LogP contribution in [-0.4, -0.2) is 35.4 Å². The summed E-state index contributed by atoms with van der Waals surface area (Å²) in [6.45, 7) is 4.76. The van der Waals surface area contributed by atoms with Gasteiger partial charge >= 0.3 is 0 Å². The lowest BCUT2D eigenvalue weighted by Crippen LogP contribution is -2.49. The molecule has 5 heteroatoms. The molecule has 166 valence electrons. The van der Waals surface area contributed by atoms with Gasteiger partial charge < -0.3 is 15.0 Å². The number of ether oxygens (including phenoxy) is 1. The number of rotatable bonds is 10. The van der Waals surface area contributed by atoms with Gasteiger partial charge in [-0.25, -0.2) is 0 Å². The van der Waals surface area contributed by atoms with Crippen LogP contribution in [0.3, 0.4) is 0 Å². The quantitative estimate of drug-likeness (QED) is 0.568. The minimum Gasteiger partial charge on any atom is -0.494 e. The third-order valence-corrected chi connectivity index (χ3v) is 5.89. The molecule has 0 radical (unpaired) electrons. The second kappa shape index (κ2) is 11.5. The first-order chi connectivity index (χ1) is 15.0. The predicted octanol–water partition coefficient (Wildman–Crippen LogP) is 4.63. The van der Waals surface area contributed by atoms with Crippen LogP contribution in [0.2, 0.25) is 0 Å². The lowest BCUT2D eigenvalue weighted by molar-refractivity contribution is -0.141. The zero-order valence-corrected chi connectivity index (χ0v) is 18.7. The van der Waals surface area contributed by atoms with Gasteiger partial charge in [-0.05, 0) is 50.8 Å². The number of amides is 2. The maximum absolute atomic E-state index is 13.1. The number of hydrogen-bond acceptors (Lipinski definition) is 3. The van der Waals surface area contributed by atoms with E-state index >= 15 is 0 Å². The number of carbonyl (C=O) groups excluding carboxylic acids is 2. The van der Waals surface area contributed by atoms with E-state index < -0.39 is 6.04 Å². The van der Waals surface area contributed by atoms with E-state index in [1.54, 1.807) is 4.90 Å². The van der Waals surface area contributed by atoms with Gasteiger partial charge in [-0.1, -0.05) is 60.9 Å². The molecule has 2 aromatic rings. The SMILES string of the molecule is Cc1ccc(OCCCC(=O)N(Cc2ccccc2)[C@@H](C)C(=O)NC2CCCC2)cc1. The Morgan fingerprint density at radius 1 is 1.06 bits per heavy atom. The van der Waals surface area contributed by atoms with Crippen LogP contribution in [0.15, 0.2) is 54.6 Å². The highest BCUT2D eigenvalue weighted by Gasteiger charge is 2.28. The first kappa shape index (κ1) is 22.9. The van der Waals surface area contributed by atoms with Gasteiger partial charge in [-0.3, -0.25) is 9.59 Å². The molecule has 2 aromatic carbocycles. The van der Waals surface area contributed by atoms with Crippen molar-refractivity contribution in [1.82, 2.24) is 10.2 Å². The molecule has 0 heterocycles. The standard InChI is InChI=1S/C26H34N2O3/c1-20-14-16-24(17-15-20)31-18-8-13-25(29)28(19-22-9-4-3-5-10-22)21(2)26(30)27-23-11-6-7-12-23/h3-5,9-10,14-17,21,23H,6-8,11-13,18-19H2,1-2H3,(H,27,30)/t21-/m0/s1. The van der Waals surface area contributed by atoms with Crippen molar-refractivity contribution in [3.05, 3.63) is 65.7 Å². The van der Waals surface area contributed by atoms with Crippen molar-refractivity contribution in [2.24, 2.45) is 0 Å². The topological polar surface area (TPSA) is 58.6 Å². The van der Waals surface area contributed by atoms with E-state index in [1.807, 2.05) is 68.4 Å². The van der Waals surface area contributed by atoms with Gasteiger partial charge in [0.05, 0.1) is 6.61 Å². The number of aryl methyl sites for hydroxylation is 1. The largest absolute Gasteiger partial charge is 0.494 e. The Hall–Kier alpha value is -2.82. The highest BCUT2D eigenvalue weighted by atomic mass is 16.5. The normalized spacial score (nSPS) is 14.8. The van der Waals surface area contributed by atoms with Gasteiger partial charge in [0.2, 0.25) is 11.8 Å². The lowest BCUT2D eigenvalue weighted by Gasteiger charge is -2.30. The van der Waals surface area contributed by atoms with Gasteiger partial charge in [0.15, 0.2) is 0 Å². The zero-order chi connectivity index (χ0) is 22.1. The molecule has 2 amide bonds. The Labute approximate surface area is 185 Å². The average molecular weight is 423 g/mol. The van der Waals surface area contributed by atoms with Crippen molar-refractivity contribution >= 4 is 11.8 Å². The Kier molecular flexibility index (Phi) is 8.51. The molecule has 31 heavy (non-hydrogen) atoms. The van der Waals surface area contributed by atoms with Crippen molar-refractivity contribution in [1.29, 1.82) is 0 Å².